The van der Waals surface area contributed by atoms with E-state index in [0.29, 0.717) is 18.4 Å². The first-order chi connectivity index (χ1) is 8.44. The lowest BCUT2D eigenvalue weighted by Gasteiger charge is -2.26. The summed E-state index contributed by atoms with van der Waals surface area (Å²) < 4.78 is 0. The second-order valence-electron chi connectivity index (χ2n) is 6.59. The molecule has 1 heterocycles. The van der Waals surface area contributed by atoms with Gasteiger partial charge in [-0.3, -0.25) is 4.79 Å². The molecule has 1 N–H and O–H groups in total. The molecule has 18 heavy (non-hydrogen) atoms. The van der Waals surface area contributed by atoms with Gasteiger partial charge in [0.05, 0.1) is 0 Å². The average molecular weight is 245 g/mol. The van der Waals surface area contributed by atoms with E-state index in [-0.39, 0.29) is 11.3 Å². The maximum atomic E-state index is 11.6. The maximum absolute atomic E-state index is 11.6. The number of carbonyl (C=O) groups is 1. The van der Waals surface area contributed by atoms with Crippen LogP contribution in [-0.2, 0) is 11.2 Å². The van der Waals surface area contributed by atoms with E-state index < -0.39 is 0 Å². The maximum Gasteiger partial charge on any atom is 0.220 e. The van der Waals surface area contributed by atoms with Crippen molar-refractivity contribution in [2.24, 2.45) is 11.3 Å². The molecule has 1 saturated heterocycles. The van der Waals surface area contributed by atoms with Crippen LogP contribution in [0.1, 0.15) is 39.2 Å². The molecule has 2 atom stereocenters. The Balaban J connectivity index is 2.03. The largest absolute Gasteiger partial charge is 0.353 e. The molecule has 1 aliphatic heterocycles. The van der Waals surface area contributed by atoms with Crippen molar-refractivity contribution in [2.45, 2.75) is 46.1 Å². The summed E-state index contributed by atoms with van der Waals surface area (Å²) in [5.74, 6) is 0.683. The number of rotatable bonds is 3. The highest BCUT2D eigenvalue weighted by Gasteiger charge is 2.34. The zero-order valence-corrected chi connectivity index (χ0v) is 11.6. The molecule has 1 aliphatic rings. The second-order valence-corrected chi connectivity index (χ2v) is 6.59. The molecule has 2 rings (SSSR count). The van der Waals surface area contributed by atoms with Crippen molar-refractivity contribution < 1.29 is 4.79 Å². The standard InChI is InChI=1S/C16H23NO/c1-16(2,3)11-13-10-15(18)17-14(13)9-12-7-5-4-6-8-12/h4-8,13-14H,9-11H2,1-3H3,(H,17,18). The Labute approximate surface area is 110 Å². The lowest BCUT2D eigenvalue weighted by atomic mass is 9.80. The first-order valence-electron chi connectivity index (χ1n) is 6.77. The van der Waals surface area contributed by atoms with Crippen molar-refractivity contribution >= 4 is 5.91 Å². The van der Waals surface area contributed by atoms with Crippen LogP contribution >= 0.6 is 0 Å². The van der Waals surface area contributed by atoms with Gasteiger partial charge in [0.2, 0.25) is 5.91 Å². The van der Waals surface area contributed by atoms with E-state index in [0.717, 1.165) is 12.8 Å². The van der Waals surface area contributed by atoms with E-state index in [9.17, 15) is 4.79 Å². The van der Waals surface area contributed by atoms with Crippen LogP contribution in [0.15, 0.2) is 30.3 Å². The minimum Gasteiger partial charge on any atom is -0.353 e. The number of hydrogen-bond donors (Lipinski definition) is 1. The van der Waals surface area contributed by atoms with Crippen LogP contribution in [0.25, 0.3) is 0 Å². The summed E-state index contributed by atoms with van der Waals surface area (Å²) in [5.41, 5.74) is 1.59. The molecular weight excluding hydrogens is 222 g/mol. The van der Waals surface area contributed by atoms with Crippen LogP contribution < -0.4 is 5.32 Å². The van der Waals surface area contributed by atoms with Gasteiger partial charge in [-0.25, -0.2) is 0 Å². The third kappa shape index (κ3) is 3.59. The molecule has 0 aliphatic carbocycles. The van der Waals surface area contributed by atoms with Crippen molar-refractivity contribution in [3.05, 3.63) is 35.9 Å². The number of hydrogen-bond acceptors (Lipinski definition) is 1. The molecule has 2 nitrogen and oxygen atoms in total. The monoisotopic (exact) mass is 245 g/mol. The van der Waals surface area contributed by atoms with Crippen LogP contribution in [0, 0.1) is 11.3 Å². The molecule has 1 aromatic rings. The molecule has 1 fully saturated rings. The lowest BCUT2D eigenvalue weighted by Crippen LogP contribution is -2.32. The summed E-state index contributed by atoms with van der Waals surface area (Å²) in [6.07, 6.45) is 2.74. The van der Waals surface area contributed by atoms with E-state index in [2.05, 4.69) is 50.4 Å². The molecule has 2 heteroatoms. The van der Waals surface area contributed by atoms with E-state index in [4.69, 9.17) is 0 Å². The Morgan fingerprint density at radius 3 is 2.50 bits per heavy atom. The average Bonchev–Trinajstić information content (AvgIpc) is 2.57. The lowest BCUT2D eigenvalue weighted by molar-refractivity contribution is -0.119. The van der Waals surface area contributed by atoms with Crippen molar-refractivity contribution in [3.8, 4) is 0 Å². The third-order valence-electron chi connectivity index (χ3n) is 3.54. The van der Waals surface area contributed by atoms with Crippen molar-refractivity contribution in [1.82, 2.24) is 5.32 Å². The molecule has 1 aromatic carbocycles. The van der Waals surface area contributed by atoms with Crippen molar-refractivity contribution in [2.75, 3.05) is 0 Å². The zero-order valence-electron chi connectivity index (χ0n) is 11.6. The second kappa shape index (κ2) is 5.13. The van der Waals surface area contributed by atoms with Gasteiger partial charge in [0.25, 0.3) is 0 Å². The molecule has 98 valence electrons. The Bertz CT molecular complexity index is 405. The van der Waals surface area contributed by atoms with Gasteiger partial charge in [0.15, 0.2) is 0 Å². The minimum atomic E-state index is 0.213. The van der Waals surface area contributed by atoms with Gasteiger partial charge in [-0.2, -0.15) is 0 Å². The summed E-state index contributed by atoms with van der Waals surface area (Å²) in [6, 6.07) is 10.7. The van der Waals surface area contributed by atoms with Crippen LogP contribution in [-0.4, -0.2) is 11.9 Å². The van der Waals surface area contributed by atoms with Crippen LogP contribution in [0.2, 0.25) is 0 Å². The van der Waals surface area contributed by atoms with Crippen molar-refractivity contribution in [3.63, 3.8) is 0 Å². The SMILES string of the molecule is CC(C)(C)CC1CC(=O)NC1Cc1ccccc1. The highest BCUT2D eigenvalue weighted by Crippen LogP contribution is 2.32. The first-order valence-corrected chi connectivity index (χ1v) is 6.77. The number of benzene rings is 1. The van der Waals surface area contributed by atoms with Crippen LogP contribution in [0.5, 0.6) is 0 Å². The Kier molecular flexibility index (Phi) is 3.74. The smallest absolute Gasteiger partial charge is 0.220 e. The van der Waals surface area contributed by atoms with E-state index in [1.807, 2.05) is 6.07 Å². The summed E-state index contributed by atoms with van der Waals surface area (Å²) >= 11 is 0. The number of amides is 1. The summed E-state index contributed by atoms with van der Waals surface area (Å²) in [6.45, 7) is 6.74. The topological polar surface area (TPSA) is 29.1 Å². The van der Waals surface area contributed by atoms with Gasteiger partial charge >= 0.3 is 0 Å². The molecule has 0 saturated carbocycles. The fraction of sp³-hybridized carbons (Fsp3) is 0.562. The normalized spacial score (nSPS) is 24.1. The predicted octanol–water partition coefficient (Wildman–Crippen LogP) is 3.17. The molecule has 0 spiro atoms. The zero-order chi connectivity index (χ0) is 13.2. The number of nitrogens with one attached hydrogen (secondary N) is 1. The van der Waals surface area contributed by atoms with Gasteiger partial charge in [0.1, 0.15) is 0 Å². The quantitative estimate of drug-likeness (QED) is 0.870. The fourth-order valence-corrected chi connectivity index (χ4v) is 2.85. The molecule has 1 amide bonds. The Morgan fingerprint density at radius 2 is 1.89 bits per heavy atom. The molecule has 0 radical (unpaired) electrons. The fourth-order valence-electron chi connectivity index (χ4n) is 2.85. The predicted molar refractivity (Wildman–Crippen MR) is 74.3 cm³/mol. The number of carbonyl (C=O) groups excluding carboxylic acids is 1. The van der Waals surface area contributed by atoms with Gasteiger partial charge in [-0.05, 0) is 29.7 Å². The van der Waals surface area contributed by atoms with Gasteiger partial charge in [0, 0.05) is 12.5 Å². The molecular formula is C16H23NO. The van der Waals surface area contributed by atoms with E-state index in [1.165, 1.54) is 5.56 Å². The van der Waals surface area contributed by atoms with E-state index >= 15 is 0 Å². The highest BCUT2D eigenvalue weighted by atomic mass is 16.2. The highest BCUT2D eigenvalue weighted by molar-refractivity contribution is 5.79. The Morgan fingerprint density at radius 1 is 1.22 bits per heavy atom. The van der Waals surface area contributed by atoms with Crippen LogP contribution in [0.4, 0.5) is 0 Å². The van der Waals surface area contributed by atoms with E-state index in [1.54, 1.807) is 0 Å². The van der Waals surface area contributed by atoms with Gasteiger partial charge in [-0.15, -0.1) is 0 Å². The Hall–Kier alpha value is -1.31. The molecule has 0 bridgehead atoms. The van der Waals surface area contributed by atoms with Gasteiger partial charge < -0.3 is 5.32 Å². The third-order valence-corrected chi connectivity index (χ3v) is 3.54. The summed E-state index contributed by atoms with van der Waals surface area (Å²) in [4.78, 5) is 11.6. The van der Waals surface area contributed by atoms with Crippen LogP contribution in [0.3, 0.4) is 0 Å². The summed E-state index contributed by atoms with van der Waals surface area (Å²) in [5, 5.41) is 3.14. The minimum absolute atomic E-state index is 0.213. The molecule has 2 unspecified atom stereocenters. The van der Waals surface area contributed by atoms with Gasteiger partial charge in [-0.1, -0.05) is 51.1 Å². The first kappa shape index (κ1) is 13.1. The molecule has 0 aromatic heterocycles. The van der Waals surface area contributed by atoms with Crippen molar-refractivity contribution in [1.29, 1.82) is 0 Å². The summed E-state index contributed by atoms with van der Waals surface area (Å²) in [7, 11) is 0.